The minimum absolute atomic E-state index is 0.637. The molecule has 0 amide bonds. The minimum atomic E-state index is 0.637. The van der Waals surface area contributed by atoms with Gasteiger partial charge in [0, 0.05) is 16.8 Å². The third-order valence-corrected chi connectivity index (χ3v) is 4.95. The Morgan fingerprint density at radius 1 is 1.11 bits per heavy atom. The summed E-state index contributed by atoms with van der Waals surface area (Å²) in [5.74, 6) is 0. The highest BCUT2D eigenvalue weighted by atomic mass is 32.2. The van der Waals surface area contributed by atoms with Crippen molar-refractivity contribution in [2.45, 2.75) is 62.0 Å². The Morgan fingerprint density at radius 2 is 1.89 bits per heavy atom. The van der Waals surface area contributed by atoms with Gasteiger partial charge in [0.25, 0.3) is 0 Å². The smallest absolute Gasteiger partial charge is 0.0591 e. The highest BCUT2D eigenvalue weighted by molar-refractivity contribution is 8.00. The van der Waals surface area contributed by atoms with Crippen LogP contribution in [0.2, 0.25) is 0 Å². The first-order valence-electron chi connectivity index (χ1n) is 7.72. The predicted octanol–water partition coefficient (Wildman–Crippen LogP) is 5.08. The summed E-state index contributed by atoms with van der Waals surface area (Å²) >= 11 is 1.99. The summed E-state index contributed by atoms with van der Waals surface area (Å²) in [6.07, 6.45) is 9.22. The number of ether oxygens (including phenoxy) is 1. The van der Waals surface area contributed by atoms with Gasteiger partial charge in [-0.05, 0) is 24.5 Å². The van der Waals surface area contributed by atoms with Crippen LogP contribution in [-0.4, -0.2) is 18.5 Å². The molecule has 1 aromatic rings. The molecule has 0 aliphatic carbocycles. The predicted molar refractivity (Wildman–Crippen MR) is 84.0 cm³/mol. The third kappa shape index (κ3) is 5.19. The standard InChI is InChI=1S/C17H26OS/c1-2-3-4-5-6-9-12-18-14-16-13-15-10-7-8-11-17(15)19-16/h7-8,10-11,16H,2-6,9,12-14H2,1H3. The van der Waals surface area contributed by atoms with E-state index in [0.717, 1.165) is 13.2 Å². The molecule has 0 radical (unpaired) electrons. The second-order valence-corrected chi connectivity index (χ2v) is 6.74. The van der Waals surface area contributed by atoms with E-state index in [4.69, 9.17) is 4.74 Å². The molecule has 0 bridgehead atoms. The van der Waals surface area contributed by atoms with Gasteiger partial charge >= 0.3 is 0 Å². The summed E-state index contributed by atoms with van der Waals surface area (Å²) < 4.78 is 5.83. The molecule has 1 aliphatic heterocycles. The molecule has 1 heterocycles. The van der Waals surface area contributed by atoms with Crippen LogP contribution < -0.4 is 0 Å². The first-order chi connectivity index (χ1) is 9.40. The van der Waals surface area contributed by atoms with Crippen LogP contribution in [0.1, 0.15) is 51.0 Å². The van der Waals surface area contributed by atoms with E-state index in [1.54, 1.807) is 0 Å². The Balaban J connectivity index is 1.49. The first kappa shape index (κ1) is 14.9. The highest BCUT2D eigenvalue weighted by Crippen LogP contribution is 2.36. The zero-order valence-electron chi connectivity index (χ0n) is 12.1. The normalized spacial score (nSPS) is 17.6. The van der Waals surface area contributed by atoms with Gasteiger partial charge in [0.2, 0.25) is 0 Å². The van der Waals surface area contributed by atoms with Gasteiger partial charge < -0.3 is 4.74 Å². The van der Waals surface area contributed by atoms with E-state index in [1.807, 2.05) is 11.8 Å². The van der Waals surface area contributed by atoms with Crippen molar-refractivity contribution in [2.75, 3.05) is 13.2 Å². The van der Waals surface area contributed by atoms with Crippen LogP contribution in [-0.2, 0) is 11.2 Å². The average Bonchev–Trinajstić information content (AvgIpc) is 2.84. The maximum Gasteiger partial charge on any atom is 0.0591 e. The van der Waals surface area contributed by atoms with E-state index in [9.17, 15) is 0 Å². The average molecular weight is 278 g/mol. The molecular weight excluding hydrogens is 252 g/mol. The Kier molecular flexibility index (Phi) is 6.80. The van der Waals surface area contributed by atoms with Crippen molar-refractivity contribution in [1.82, 2.24) is 0 Å². The molecule has 1 aliphatic rings. The van der Waals surface area contributed by atoms with Crippen LogP contribution in [0.3, 0.4) is 0 Å². The van der Waals surface area contributed by atoms with Crippen molar-refractivity contribution in [2.24, 2.45) is 0 Å². The number of thioether (sulfide) groups is 1. The number of fused-ring (bicyclic) bond motifs is 1. The first-order valence-corrected chi connectivity index (χ1v) is 8.60. The van der Waals surface area contributed by atoms with Gasteiger partial charge in [-0.25, -0.2) is 0 Å². The Morgan fingerprint density at radius 3 is 2.74 bits per heavy atom. The summed E-state index contributed by atoms with van der Waals surface area (Å²) in [6, 6.07) is 8.74. The van der Waals surface area contributed by atoms with Gasteiger partial charge in [-0.1, -0.05) is 57.2 Å². The van der Waals surface area contributed by atoms with Gasteiger partial charge in [0.05, 0.1) is 6.61 Å². The second kappa shape index (κ2) is 8.65. The van der Waals surface area contributed by atoms with Crippen LogP contribution in [0.25, 0.3) is 0 Å². The summed E-state index contributed by atoms with van der Waals surface area (Å²) in [6.45, 7) is 4.12. The lowest BCUT2D eigenvalue weighted by Gasteiger charge is -2.09. The van der Waals surface area contributed by atoms with Crippen LogP contribution in [0.5, 0.6) is 0 Å². The molecule has 0 N–H and O–H groups in total. The van der Waals surface area contributed by atoms with Gasteiger partial charge in [-0.3, -0.25) is 0 Å². The molecule has 1 aromatic carbocycles. The number of benzene rings is 1. The van der Waals surface area contributed by atoms with Gasteiger partial charge in [0.15, 0.2) is 0 Å². The summed E-state index contributed by atoms with van der Waals surface area (Å²) in [4.78, 5) is 1.45. The number of rotatable bonds is 9. The SMILES string of the molecule is CCCCCCCCOCC1Cc2ccccc2S1. The molecule has 0 saturated carbocycles. The third-order valence-electron chi connectivity index (χ3n) is 3.66. The van der Waals surface area contributed by atoms with Crippen LogP contribution in [0.4, 0.5) is 0 Å². The van der Waals surface area contributed by atoms with Crippen molar-refractivity contribution in [3.8, 4) is 0 Å². The van der Waals surface area contributed by atoms with E-state index in [0.29, 0.717) is 5.25 Å². The monoisotopic (exact) mass is 278 g/mol. The molecule has 19 heavy (non-hydrogen) atoms. The van der Waals surface area contributed by atoms with E-state index in [1.165, 1.54) is 55.4 Å². The van der Waals surface area contributed by atoms with Crippen LogP contribution >= 0.6 is 11.8 Å². The van der Waals surface area contributed by atoms with E-state index in [-0.39, 0.29) is 0 Å². The molecule has 0 fully saturated rings. The fourth-order valence-corrected chi connectivity index (χ4v) is 3.79. The Hall–Kier alpha value is -0.470. The second-order valence-electron chi connectivity index (χ2n) is 5.39. The summed E-state index contributed by atoms with van der Waals surface area (Å²) in [7, 11) is 0. The van der Waals surface area contributed by atoms with Crippen LogP contribution in [0.15, 0.2) is 29.2 Å². The lowest BCUT2D eigenvalue weighted by molar-refractivity contribution is 0.131. The molecular formula is C17H26OS. The number of hydrogen-bond acceptors (Lipinski definition) is 2. The van der Waals surface area contributed by atoms with Crippen molar-refractivity contribution in [3.63, 3.8) is 0 Å². The van der Waals surface area contributed by atoms with Crippen molar-refractivity contribution in [1.29, 1.82) is 0 Å². The van der Waals surface area contributed by atoms with Gasteiger partial charge in [-0.15, -0.1) is 11.8 Å². The summed E-state index contributed by atoms with van der Waals surface area (Å²) in [5, 5.41) is 0.637. The zero-order valence-corrected chi connectivity index (χ0v) is 12.9. The topological polar surface area (TPSA) is 9.23 Å². The quantitative estimate of drug-likeness (QED) is 0.582. The molecule has 106 valence electrons. The van der Waals surface area contributed by atoms with Crippen LogP contribution in [0, 0.1) is 0 Å². The minimum Gasteiger partial charge on any atom is -0.380 e. The molecule has 0 saturated heterocycles. The molecule has 1 atom stereocenters. The fraction of sp³-hybridized carbons (Fsp3) is 0.647. The zero-order chi connectivity index (χ0) is 13.3. The van der Waals surface area contributed by atoms with Gasteiger partial charge in [0.1, 0.15) is 0 Å². The fourth-order valence-electron chi connectivity index (χ4n) is 2.55. The molecule has 0 spiro atoms. The van der Waals surface area contributed by atoms with E-state index >= 15 is 0 Å². The molecule has 1 unspecified atom stereocenters. The van der Waals surface area contributed by atoms with Crippen molar-refractivity contribution >= 4 is 11.8 Å². The van der Waals surface area contributed by atoms with Gasteiger partial charge in [-0.2, -0.15) is 0 Å². The highest BCUT2D eigenvalue weighted by Gasteiger charge is 2.21. The lowest BCUT2D eigenvalue weighted by Crippen LogP contribution is -2.11. The number of unbranched alkanes of at least 4 members (excludes halogenated alkanes) is 5. The lowest BCUT2D eigenvalue weighted by atomic mass is 10.1. The largest absolute Gasteiger partial charge is 0.380 e. The maximum absolute atomic E-state index is 5.83. The molecule has 1 nitrogen and oxygen atoms in total. The number of hydrogen-bond donors (Lipinski definition) is 0. The van der Waals surface area contributed by atoms with Crippen molar-refractivity contribution in [3.05, 3.63) is 29.8 Å². The Labute approximate surface area is 122 Å². The maximum atomic E-state index is 5.83. The molecule has 0 aromatic heterocycles. The van der Waals surface area contributed by atoms with E-state index in [2.05, 4.69) is 31.2 Å². The molecule has 2 rings (SSSR count). The summed E-state index contributed by atoms with van der Waals surface area (Å²) in [5.41, 5.74) is 1.50. The molecule has 2 heteroatoms. The van der Waals surface area contributed by atoms with E-state index < -0.39 is 0 Å². The Bertz CT molecular complexity index is 339. The van der Waals surface area contributed by atoms with Crippen molar-refractivity contribution < 1.29 is 4.74 Å².